The Labute approximate surface area is 835 Å². The smallest absolute Gasteiger partial charge is 0.374 e. The van der Waals surface area contributed by atoms with Crippen molar-refractivity contribution in [1.82, 2.24) is 72.7 Å². The van der Waals surface area contributed by atoms with Gasteiger partial charge >= 0.3 is 34.4 Å². The number of halogens is 7. The van der Waals surface area contributed by atoms with Gasteiger partial charge in [0, 0.05) is 176 Å². The largest absolute Gasteiger partial charge is 0.497 e. The molecule has 8 aromatic carbocycles. The van der Waals surface area contributed by atoms with Gasteiger partial charge in [-0.2, -0.15) is 24.9 Å². The number of hydrogen-bond donors (Lipinski definition) is 0. The lowest BCUT2D eigenvalue weighted by Crippen LogP contribution is -2.47. The average molecular weight is 2000 g/mol. The summed E-state index contributed by atoms with van der Waals surface area (Å²) in [6, 6.07) is 55.3. The summed E-state index contributed by atoms with van der Waals surface area (Å²) >= 11 is 0. The molecule has 0 atom stereocenters. The summed E-state index contributed by atoms with van der Waals surface area (Å²) in [6.45, 7) is 24.3. The SMILES string of the molecule is CC(C)(C)C1=NCC(Cn2cnc(N3CCN(c4ccc(F)cc4)CC3)nc2=O)=C1.CCOC(=O)c1ccc(Cn2cnc(N3CCN(c4ccc(F)cc4)CC3)nc2=O)o1.COc1ccc(Cn2cnc(N3CCN(c4ccc(F)cc4)CC3)nc2=O)cc1.O=c1nc(N2CCN(c3ccc(F)cc3)CC2)ncn1Cc1cccc(F)c1.O=c1nc(N2CCN(c3ccc(F)cc3)CC2)ncn1Cc1ccccc1F. The van der Waals surface area contributed by atoms with Crippen molar-refractivity contribution in [3.8, 4) is 5.75 Å². The number of carbonyl (C=O) groups is 1. The molecule has 0 unspecified atom stereocenters. The number of carbonyl (C=O) groups excluding carboxylic acids is 1. The zero-order valence-electron chi connectivity index (χ0n) is 81.1. The van der Waals surface area contributed by atoms with Crippen LogP contribution in [0.1, 0.15) is 60.7 Å². The van der Waals surface area contributed by atoms with Crippen molar-refractivity contribution in [2.75, 3.05) is 200 Å². The molecule has 20 rings (SSSR count). The van der Waals surface area contributed by atoms with E-state index in [0.717, 1.165) is 90.3 Å². The highest BCUT2D eigenvalue weighted by molar-refractivity contribution is 6.01. The van der Waals surface area contributed by atoms with Gasteiger partial charge in [-0.05, 0) is 193 Å². The quantitative estimate of drug-likeness (QED) is 0.0424. The van der Waals surface area contributed by atoms with Crippen molar-refractivity contribution in [2.45, 2.75) is 60.4 Å². The average Bonchev–Trinajstić information content (AvgIpc) is 1.33. The summed E-state index contributed by atoms with van der Waals surface area (Å²) in [5, 5.41) is 0. The molecule has 5 fully saturated rings. The topological polar surface area (TPSA) is 332 Å². The van der Waals surface area contributed by atoms with Gasteiger partial charge in [-0.1, -0.05) is 63.2 Å². The van der Waals surface area contributed by atoms with Crippen molar-refractivity contribution in [1.29, 1.82) is 0 Å². The van der Waals surface area contributed by atoms with Crippen molar-refractivity contribution in [3.05, 3.63) is 371 Å². The van der Waals surface area contributed by atoms with Crippen LogP contribution in [-0.2, 0) is 37.5 Å². The Morgan fingerprint density at radius 1 is 0.342 bits per heavy atom. The number of hydrogen-bond acceptors (Lipinski definition) is 30. The van der Waals surface area contributed by atoms with Gasteiger partial charge in [-0.25, -0.2) is 84.4 Å². The summed E-state index contributed by atoms with van der Waals surface area (Å²) in [4.78, 5) is 141. The second-order valence-corrected chi connectivity index (χ2v) is 35.9. The first-order valence-electron chi connectivity index (χ1n) is 47.7. The minimum absolute atomic E-state index is 0.00310. The molecule has 0 N–H and O–H groups in total. The monoisotopic (exact) mass is 2000 g/mol. The molecular formula is C104H109F7N26O9. The number of allylic oxidation sites excluding steroid dienone is 1. The van der Waals surface area contributed by atoms with E-state index in [1.165, 1.54) is 127 Å². The number of ether oxygens (including phenoxy) is 2. The number of furan rings is 1. The molecule has 6 aromatic heterocycles. The molecule has 0 saturated carbocycles. The highest BCUT2D eigenvalue weighted by atomic mass is 19.2. The first kappa shape index (κ1) is 102. The number of rotatable bonds is 23. The molecule has 35 nitrogen and oxygen atoms in total. The maximum absolute atomic E-state index is 13.8. The number of piperazine rings is 5. The fourth-order valence-corrected chi connectivity index (χ4v) is 16.9. The first-order valence-corrected chi connectivity index (χ1v) is 47.7. The molecule has 12 heterocycles. The maximum atomic E-state index is 13.8. The van der Waals surface area contributed by atoms with Crippen molar-refractivity contribution in [2.24, 2.45) is 10.4 Å². The van der Waals surface area contributed by atoms with Gasteiger partial charge in [0.25, 0.3) is 0 Å². The third kappa shape index (κ3) is 27.4. The van der Waals surface area contributed by atoms with Crippen LogP contribution < -0.4 is 82.2 Å². The first-order chi connectivity index (χ1) is 70.6. The minimum Gasteiger partial charge on any atom is -0.497 e. The van der Waals surface area contributed by atoms with Crippen LogP contribution in [0, 0.1) is 46.1 Å². The summed E-state index contributed by atoms with van der Waals surface area (Å²) in [5.41, 5.74) is 7.10. The number of aromatic nitrogens is 15. The second kappa shape index (κ2) is 47.9. The van der Waals surface area contributed by atoms with Crippen molar-refractivity contribution in [3.63, 3.8) is 0 Å². The van der Waals surface area contributed by atoms with E-state index in [1.54, 1.807) is 124 Å². The molecule has 0 radical (unpaired) electrons. The highest BCUT2D eigenvalue weighted by Gasteiger charge is 2.29. The van der Waals surface area contributed by atoms with Crippen LogP contribution in [0.4, 0.5) is 88.9 Å². The Bertz CT molecular complexity index is 7140. The van der Waals surface area contributed by atoms with Gasteiger partial charge in [-0.3, -0.25) is 27.8 Å². The van der Waals surface area contributed by atoms with Crippen molar-refractivity contribution < 1.29 is 49.4 Å². The van der Waals surface area contributed by atoms with Crippen LogP contribution in [0.2, 0.25) is 0 Å². The Hall–Kier alpha value is -16.7. The number of esters is 1. The maximum Gasteiger partial charge on any atom is 0.374 e. The van der Waals surface area contributed by atoms with Crippen LogP contribution in [-0.4, -0.2) is 236 Å². The molecular weight excluding hydrogens is 1890 g/mol. The van der Waals surface area contributed by atoms with Crippen LogP contribution in [0.5, 0.6) is 5.75 Å². The molecule has 758 valence electrons. The van der Waals surface area contributed by atoms with E-state index in [4.69, 9.17) is 13.9 Å². The molecule has 0 spiro atoms. The van der Waals surface area contributed by atoms with E-state index in [-0.39, 0.29) is 89.5 Å². The number of benzene rings is 8. The summed E-state index contributed by atoms with van der Waals surface area (Å²) in [6.07, 6.45) is 9.47. The van der Waals surface area contributed by atoms with Crippen LogP contribution in [0.15, 0.2) is 283 Å². The van der Waals surface area contributed by atoms with Gasteiger partial charge < -0.3 is 62.9 Å². The lowest BCUT2D eigenvalue weighted by Gasteiger charge is -2.36. The normalized spacial score (nSPS) is 14.8. The number of anilines is 10. The van der Waals surface area contributed by atoms with Gasteiger partial charge in [0.1, 0.15) is 83.9 Å². The van der Waals surface area contributed by atoms with Gasteiger partial charge in [-0.15, -0.1) is 0 Å². The van der Waals surface area contributed by atoms with E-state index in [9.17, 15) is 59.5 Å². The van der Waals surface area contributed by atoms with E-state index in [0.29, 0.717) is 158 Å². The lowest BCUT2D eigenvalue weighted by atomic mass is 9.90. The fourth-order valence-electron chi connectivity index (χ4n) is 16.9. The predicted molar refractivity (Wildman–Crippen MR) is 542 cm³/mol. The number of nitrogens with zero attached hydrogens (tertiary/aromatic N) is 26. The highest BCUT2D eigenvalue weighted by Crippen LogP contribution is 2.28. The predicted octanol–water partition coefficient (Wildman–Crippen LogP) is 11.2. The van der Waals surface area contributed by atoms with Crippen LogP contribution in [0.3, 0.4) is 0 Å². The molecule has 6 aliphatic heterocycles. The van der Waals surface area contributed by atoms with Crippen molar-refractivity contribution >= 4 is 69.9 Å². The Balaban J connectivity index is 0.000000131. The van der Waals surface area contributed by atoms with E-state index < -0.39 is 23.0 Å². The van der Waals surface area contributed by atoms with Gasteiger partial charge in [0.05, 0.1) is 53.0 Å². The molecule has 6 aliphatic rings. The molecule has 42 heteroatoms. The summed E-state index contributed by atoms with van der Waals surface area (Å²) in [7, 11) is 1.62. The number of aliphatic imine (C=N–C) groups is 1. The number of methoxy groups -OCH3 is 1. The second-order valence-electron chi connectivity index (χ2n) is 35.9. The van der Waals surface area contributed by atoms with Gasteiger partial charge in [0.2, 0.25) is 35.5 Å². The Kier molecular flexibility index (Phi) is 33.5. The third-order valence-electron chi connectivity index (χ3n) is 25.0. The molecule has 14 aromatic rings. The zero-order chi connectivity index (χ0) is 102. The van der Waals surface area contributed by atoms with Crippen LogP contribution >= 0.6 is 0 Å². The Morgan fingerprint density at radius 2 is 0.664 bits per heavy atom. The third-order valence-corrected chi connectivity index (χ3v) is 25.0. The summed E-state index contributed by atoms with van der Waals surface area (Å²) < 4.78 is 115. The zero-order valence-corrected chi connectivity index (χ0v) is 81.1. The lowest BCUT2D eigenvalue weighted by molar-refractivity contribution is 0.0487. The standard InChI is InChI=1S/C22H27FN6O.C21H22FN5O4.C21H22FN5O2.2C20H19F2N5O/c1-22(2,3)19-12-16(13-24-19)14-29-15-25-20(26-21(29)30)28-10-8-27(9-11-28)18-6-4-17(23)5-7-18;1-2-30-19(28)18-8-7-17(31-18)13-27-14-23-20(24-21(27)29)26-11-9-25(10-12-26)16-5-3-15(22)4-6-16;1-29-19-8-2-16(3-9-19)14-27-15-23-20(24-21(27)28)26-12-10-25(11-13-26)18-6-4-17(22)5-7-18;21-16-4-6-18(7-5-16)25-8-10-26(11-9-25)19-23-14-27(20(28)24-19)13-15-2-1-3-17(22)12-15;21-16-5-7-17(8-6-16)25-9-11-26(12-10-25)19-23-14-27(20(28)24-19)13-15-3-1-2-4-18(15)22/h4-7,12,15H,8-11,13-14H2,1-3H3;3-8,14H,2,9-13H2,1H3;2-9,15H,10-14H2,1H3;1-7,12,14H,8-11,13H2;1-8,14H,9-13H2. The van der Waals surface area contributed by atoms with E-state index >= 15 is 0 Å². The summed E-state index contributed by atoms with van der Waals surface area (Å²) in [5.74, 6) is 0.802. The van der Waals surface area contributed by atoms with Gasteiger partial charge in [0.15, 0.2) is 0 Å². The fraction of sp³-hybridized carbons (Fsp3) is 0.317. The molecule has 0 bridgehead atoms. The Morgan fingerprint density at radius 3 is 0.979 bits per heavy atom. The molecule has 0 aliphatic carbocycles. The molecule has 5 saturated heterocycles. The molecule has 0 amide bonds. The van der Waals surface area contributed by atoms with E-state index in [1.807, 2.05) is 48.8 Å². The minimum atomic E-state index is -0.549. The van der Waals surface area contributed by atoms with E-state index in [2.05, 4.69) is 106 Å². The van der Waals surface area contributed by atoms with Crippen LogP contribution in [0.25, 0.3) is 0 Å². The molecule has 146 heavy (non-hydrogen) atoms.